The largest absolute Gasteiger partial charge is 0.481 e. The molecule has 0 rings (SSSR count). The van der Waals surface area contributed by atoms with E-state index in [0.29, 0.717) is 37.3 Å². The Morgan fingerprint density at radius 1 is 1.14 bits per heavy atom. The van der Waals surface area contributed by atoms with Crippen molar-refractivity contribution in [2.24, 2.45) is 29.4 Å². The summed E-state index contributed by atoms with van der Waals surface area (Å²) in [4.78, 5) is 22.7. The van der Waals surface area contributed by atoms with Crippen molar-refractivity contribution in [1.82, 2.24) is 5.32 Å². The van der Waals surface area contributed by atoms with E-state index in [0.717, 1.165) is 12.8 Å². The molecule has 0 fully saturated rings. The van der Waals surface area contributed by atoms with Crippen LogP contribution in [0.3, 0.4) is 0 Å². The molecule has 0 aliphatic carbocycles. The summed E-state index contributed by atoms with van der Waals surface area (Å²) in [6, 6.07) is 0. The monoisotopic (exact) mass is 300 g/mol. The van der Waals surface area contributed by atoms with Gasteiger partial charge in [-0.25, -0.2) is 0 Å². The highest BCUT2D eigenvalue weighted by atomic mass is 16.4. The SMILES string of the molecule is CC(C)CC(CN)C(=O)NCCC(CCC(=O)O)C(C)C. The van der Waals surface area contributed by atoms with E-state index >= 15 is 0 Å². The fourth-order valence-corrected chi connectivity index (χ4v) is 2.52. The van der Waals surface area contributed by atoms with Gasteiger partial charge in [-0.3, -0.25) is 9.59 Å². The van der Waals surface area contributed by atoms with E-state index in [4.69, 9.17) is 10.8 Å². The summed E-state index contributed by atoms with van der Waals surface area (Å²) >= 11 is 0. The molecule has 0 aromatic heterocycles. The maximum atomic E-state index is 12.0. The van der Waals surface area contributed by atoms with E-state index in [1.165, 1.54) is 0 Å². The van der Waals surface area contributed by atoms with Crippen LogP contribution in [0.5, 0.6) is 0 Å². The molecule has 124 valence electrons. The molecule has 0 aliphatic rings. The number of hydrogen-bond acceptors (Lipinski definition) is 3. The second kappa shape index (κ2) is 10.6. The summed E-state index contributed by atoms with van der Waals surface area (Å²) in [7, 11) is 0. The molecule has 2 unspecified atom stereocenters. The van der Waals surface area contributed by atoms with E-state index in [1.54, 1.807) is 0 Å². The van der Waals surface area contributed by atoms with Crippen LogP contribution >= 0.6 is 0 Å². The molecular formula is C16H32N2O3. The standard InChI is InChI=1S/C16H32N2O3/c1-11(2)9-14(10-17)16(21)18-8-7-13(12(3)4)5-6-15(19)20/h11-14H,5-10,17H2,1-4H3,(H,18,21)(H,19,20). The summed E-state index contributed by atoms with van der Waals surface area (Å²) in [6.45, 7) is 9.31. The van der Waals surface area contributed by atoms with Crippen molar-refractivity contribution in [2.75, 3.05) is 13.1 Å². The molecule has 0 spiro atoms. The third kappa shape index (κ3) is 9.45. The van der Waals surface area contributed by atoms with Crippen LogP contribution in [0.25, 0.3) is 0 Å². The predicted molar refractivity (Wildman–Crippen MR) is 84.8 cm³/mol. The Labute approximate surface area is 128 Å². The summed E-state index contributed by atoms with van der Waals surface area (Å²) in [6.07, 6.45) is 2.47. The first-order valence-electron chi connectivity index (χ1n) is 7.97. The molecule has 0 saturated carbocycles. The minimum absolute atomic E-state index is 0.0203. The van der Waals surface area contributed by atoms with Crippen LogP contribution in [-0.4, -0.2) is 30.1 Å². The minimum Gasteiger partial charge on any atom is -0.481 e. The molecule has 21 heavy (non-hydrogen) atoms. The molecule has 0 heterocycles. The number of nitrogens with two attached hydrogens (primary N) is 1. The minimum atomic E-state index is -0.759. The van der Waals surface area contributed by atoms with Gasteiger partial charge in [0.2, 0.25) is 5.91 Å². The lowest BCUT2D eigenvalue weighted by molar-refractivity contribution is -0.137. The number of aliphatic carboxylic acids is 1. The van der Waals surface area contributed by atoms with Crippen LogP contribution < -0.4 is 11.1 Å². The van der Waals surface area contributed by atoms with Crippen molar-refractivity contribution in [3.8, 4) is 0 Å². The van der Waals surface area contributed by atoms with E-state index < -0.39 is 5.97 Å². The highest BCUT2D eigenvalue weighted by Gasteiger charge is 2.19. The third-order valence-electron chi connectivity index (χ3n) is 3.90. The Hall–Kier alpha value is -1.10. The number of carboxylic acid groups (broad SMARTS) is 1. The van der Waals surface area contributed by atoms with Gasteiger partial charge in [0.15, 0.2) is 0 Å². The van der Waals surface area contributed by atoms with Crippen LogP contribution in [-0.2, 0) is 9.59 Å². The quantitative estimate of drug-likeness (QED) is 0.545. The van der Waals surface area contributed by atoms with E-state index in [9.17, 15) is 9.59 Å². The Morgan fingerprint density at radius 2 is 1.76 bits per heavy atom. The molecule has 0 saturated heterocycles. The molecule has 5 nitrogen and oxygen atoms in total. The van der Waals surface area contributed by atoms with Gasteiger partial charge in [-0.1, -0.05) is 27.7 Å². The van der Waals surface area contributed by atoms with Gasteiger partial charge in [-0.05, 0) is 37.0 Å². The Morgan fingerprint density at radius 3 is 2.19 bits per heavy atom. The van der Waals surface area contributed by atoms with Crippen LogP contribution in [0.2, 0.25) is 0 Å². The molecular weight excluding hydrogens is 268 g/mol. The third-order valence-corrected chi connectivity index (χ3v) is 3.90. The van der Waals surface area contributed by atoms with Crippen molar-refractivity contribution in [3.63, 3.8) is 0 Å². The number of carbonyl (C=O) groups is 2. The lowest BCUT2D eigenvalue weighted by Crippen LogP contribution is -2.37. The molecule has 0 aromatic carbocycles. The van der Waals surface area contributed by atoms with Crippen LogP contribution in [0.1, 0.15) is 53.4 Å². The summed E-state index contributed by atoms with van der Waals surface area (Å²) in [5, 5.41) is 11.7. The molecule has 4 N–H and O–H groups in total. The Balaban J connectivity index is 4.17. The molecule has 1 amide bonds. The number of carboxylic acids is 1. The zero-order valence-corrected chi connectivity index (χ0v) is 13.9. The lowest BCUT2D eigenvalue weighted by atomic mass is 9.88. The fourth-order valence-electron chi connectivity index (χ4n) is 2.52. The normalized spacial score (nSPS) is 14.2. The summed E-state index contributed by atoms with van der Waals surface area (Å²) < 4.78 is 0. The Kier molecular flexibility index (Phi) is 10.0. The molecule has 0 aliphatic heterocycles. The Bertz CT molecular complexity index is 317. The van der Waals surface area contributed by atoms with Crippen molar-refractivity contribution in [3.05, 3.63) is 0 Å². The van der Waals surface area contributed by atoms with Gasteiger partial charge in [0, 0.05) is 19.5 Å². The second-order valence-electron chi connectivity index (χ2n) is 6.58. The van der Waals surface area contributed by atoms with E-state index in [2.05, 4.69) is 33.0 Å². The van der Waals surface area contributed by atoms with Crippen LogP contribution in [0, 0.1) is 23.7 Å². The predicted octanol–water partition coefficient (Wildman–Crippen LogP) is 2.25. The van der Waals surface area contributed by atoms with Crippen LogP contribution in [0.4, 0.5) is 0 Å². The van der Waals surface area contributed by atoms with Crippen molar-refractivity contribution < 1.29 is 14.7 Å². The van der Waals surface area contributed by atoms with E-state index in [-0.39, 0.29) is 18.2 Å². The number of nitrogens with one attached hydrogen (secondary N) is 1. The number of carbonyl (C=O) groups excluding carboxylic acids is 1. The van der Waals surface area contributed by atoms with Crippen molar-refractivity contribution in [1.29, 1.82) is 0 Å². The smallest absolute Gasteiger partial charge is 0.303 e. The lowest BCUT2D eigenvalue weighted by Gasteiger charge is -2.21. The summed E-state index contributed by atoms with van der Waals surface area (Å²) in [5.41, 5.74) is 5.66. The zero-order valence-electron chi connectivity index (χ0n) is 13.9. The van der Waals surface area contributed by atoms with Crippen molar-refractivity contribution >= 4 is 11.9 Å². The molecule has 0 bridgehead atoms. The summed E-state index contributed by atoms with van der Waals surface area (Å²) in [5.74, 6) is 0.326. The first-order chi connectivity index (χ1) is 9.77. The first-order valence-corrected chi connectivity index (χ1v) is 7.97. The highest BCUT2D eigenvalue weighted by Crippen LogP contribution is 2.20. The second-order valence-corrected chi connectivity index (χ2v) is 6.58. The van der Waals surface area contributed by atoms with Gasteiger partial charge < -0.3 is 16.2 Å². The zero-order chi connectivity index (χ0) is 16.4. The number of hydrogen-bond donors (Lipinski definition) is 3. The topological polar surface area (TPSA) is 92.4 Å². The molecule has 0 radical (unpaired) electrons. The first kappa shape index (κ1) is 19.9. The highest BCUT2D eigenvalue weighted by molar-refractivity contribution is 5.78. The van der Waals surface area contributed by atoms with Gasteiger partial charge in [0.25, 0.3) is 0 Å². The number of rotatable bonds is 11. The maximum absolute atomic E-state index is 12.0. The van der Waals surface area contributed by atoms with E-state index in [1.807, 2.05) is 0 Å². The van der Waals surface area contributed by atoms with Gasteiger partial charge in [-0.15, -0.1) is 0 Å². The van der Waals surface area contributed by atoms with Gasteiger partial charge in [0.05, 0.1) is 5.92 Å². The number of amides is 1. The van der Waals surface area contributed by atoms with Crippen molar-refractivity contribution in [2.45, 2.75) is 53.4 Å². The average Bonchev–Trinajstić information content (AvgIpc) is 2.38. The molecule has 0 aromatic rings. The fraction of sp³-hybridized carbons (Fsp3) is 0.875. The van der Waals surface area contributed by atoms with Crippen LogP contribution in [0.15, 0.2) is 0 Å². The van der Waals surface area contributed by atoms with Gasteiger partial charge in [-0.2, -0.15) is 0 Å². The van der Waals surface area contributed by atoms with Gasteiger partial charge in [0.1, 0.15) is 0 Å². The molecule has 5 heteroatoms. The molecule has 2 atom stereocenters. The maximum Gasteiger partial charge on any atom is 0.303 e. The average molecular weight is 300 g/mol. The van der Waals surface area contributed by atoms with Gasteiger partial charge >= 0.3 is 5.97 Å².